The second kappa shape index (κ2) is 3.51. The molecule has 0 unspecified atom stereocenters. The van der Waals surface area contributed by atoms with Crippen LogP contribution >= 0.6 is 0 Å². The van der Waals surface area contributed by atoms with Gasteiger partial charge in [0.1, 0.15) is 0 Å². The van der Waals surface area contributed by atoms with Crippen molar-refractivity contribution in [1.29, 1.82) is 0 Å². The SMILES string of the molecule is O=C(NC(F)(F)F)C1=CNCC=C1. The van der Waals surface area contributed by atoms with E-state index in [1.165, 1.54) is 12.3 Å². The molecule has 0 spiro atoms. The smallest absolute Gasteiger partial charge is 0.387 e. The van der Waals surface area contributed by atoms with Gasteiger partial charge in [-0.3, -0.25) is 10.1 Å². The highest BCUT2D eigenvalue weighted by Crippen LogP contribution is 2.11. The lowest BCUT2D eigenvalue weighted by Gasteiger charge is -2.11. The standard InChI is InChI=1S/C7H7F3N2O/c8-7(9,10)12-6(13)5-2-1-3-11-4-5/h1-2,4,11H,3H2,(H,12,13). The van der Waals surface area contributed by atoms with E-state index >= 15 is 0 Å². The number of alkyl halides is 3. The van der Waals surface area contributed by atoms with Crippen LogP contribution in [0, 0.1) is 0 Å². The largest absolute Gasteiger partial charge is 0.484 e. The Morgan fingerprint density at radius 3 is 2.69 bits per heavy atom. The van der Waals surface area contributed by atoms with Crippen molar-refractivity contribution in [2.45, 2.75) is 6.30 Å². The molecule has 0 saturated carbocycles. The molecule has 6 heteroatoms. The maximum absolute atomic E-state index is 11.7. The molecule has 0 saturated heterocycles. The summed E-state index contributed by atoms with van der Waals surface area (Å²) in [5.74, 6) is -1.16. The van der Waals surface area contributed by atoms with E-state index in [1.807, 2.05) is 0 Å². The molecule has 1 heterocycles. The van der Waals surface area contributed by atoms with E-state index in [-0.39, 0.29) is 5.57 Å². The predicted octanol–water partition coefficient (Wildman–Crippen LogP) is 0.666. The van der Waals surface area contributed by atoms with E-state index in [2.05, 4.69) is 5.32 Å². The molecule has 0 aromatic heterocycles. The van der Waals surface area contributed by atoms with Crippen molar-refractivity contribution < 1.29 is 18.0 Å². The van der Waals surface area contributed by atoms with Gasteiger partial charge in [0.25, 0.3) is 5.91 Å². The van der Waals surface area contributed by atoms with Gasteiger partial charge in [0.15, 0.2) is 0 Å². The van der Waals surface area contributed by atoms with Crippen LogP contribution in [-0.4, -0.2) is 18.8 Å². The van der Waals surface area contributed by atoms with Crippen molar-refractivity contribution in [2.75, 3.05) is 6.54 Å². The van der Waals surface area contributed by atoms with Crippen molar-refractivity contribution in [3.8, 4) is 0 Å². The molecule has 0 aliphatic carbocycles. The van der Waals surface area contributed by atoms with Crippen molar-refractivity contribution in [3.05, 3.63) is 23.9 Å². The monoisotopic (exact) mass is 192 g/mol. The van der Waals surface area contributed by atoms with Crippen molar-refractivity contribution in [1.82, 2.24) is 10.6 Å². The van der Waals surface area contributed by atoms with E-state index in [0.29, 0.717) is 6.54 Å². The van der Waals surface area contributed by atoms with Crippen LogP contribution in [-0.2, 0) is 4.79 Å². The minimum absolute atomic E-state index is 0.0384. The fourth-order valence-corrected chi connectivity index (χ4v) is 0.813. The molecule has 0 aromatic rings. The van der Waals surface area contributed by atoms with E-state index in [1.54, 1.807) is 6.08 Å². The molecule has 0 aromatic carbocycles. The van der Waals surface area contributed by atoms with Crippen LogP contribution < -0.4 is 10.6 Å². The van der Waals surface area contributed by atoms with Gasteiger partial charge in [-0.15, -0.1) is 0 Å². The number of halogens is 3. The van der Waals surface area contributed by atoms with E-state index in [0.717, 1.165) is 5.32 Å². The van der Waals surface area contributed by atoms with E-state index < -0.39 is 12.2 Å². The van der Waals surface area contributed by atoms with Gasteiger partial charge in [0, 0.05) is 12.7 Å². The minimum atomic E-state index is -4.68. The first kappa shape index (κ1) is 9.63. The van der Waals surface area contributed by atoms with Crippen LogP contribution in [0.2, 0.25) is 0 Å². The molecule has 1 amide bonds. The fraction of sp³-hybridized carbons (Fsp3) is 0.286. The number of carbonyl (C=O) groups excluding carboxylic acids is 1. The highest BCUT2D eigenvalue weighted by atomic mass is 19.4. The molecule has 13 heavy (non-hydrogen) atoms. The summed E-state index contributed by atoms with van der Waals surface area (Å²) in [4.78, 5) is 10.8. The van der Waals surface area contributed by atoms with Crippen LogP contribution in [0.1, 0.15) is 0 Å². The highest BCUT2D eigenvalue weighted by molar-refractivity contribution is 5.96. The molecule has 3 nitrogen and oxygen atoms in total. The summed E-state index contributed by atoms with van der Waals surface area (Å²) in [6.07, 6.45) is -0.548. The summed E-state index contributed by atoms with van der Waals surface area (Å²) >= 11 is 0. The van der Waals surface area contributed by atoms with Crippen molar-refractivity contribution in [3.63, 3.8) is 0 Å². The van der Waals surface area contributed by atoms with Gasteiger partial charge in [-0.05, 0) is 0 Å². The lowest BCUT2D eigenvalue weighted by Crippen LogP contribution is -2.38. The summed E-state index contributed by atoms with van der Waals surface area (Å²) in [6.45, 7) is 0.517. The molecule has 72 valence electrons. The fourth-order valence-electron chi connectivity index (χ4n) is 0.813. The van der Waals surface area contributed by atoms with Gasteiger partial charge < -0.3 is 5.32 Å². The van der Waals surface area contributed by atoms with Crippen molar-refractivity contribution in [2.24, 2.45) is 0 Å². The first-order valence-electron chi connectivity index (χ1n) is 3.48. The minimum Gasteiger partial charge on any atom is -0.387 e. The Morgan fingerprint density at radius 1 is 1.54 bits per heavy atom. The van der Waals surface area contributed by atoms with Crippen LogP contribution in [0.5, 0.6) is 0 Å². The van der Waals surface area contributed by atoms with Gasteiger partial charge in [-0.2, -0.15) is 13.2 Å². The maximum atomic E-state index is 11.7. The third-order valence-corrected chi connectivity index (χ3v) is 1.31. The Balaban J connectivity index is 2.58. The third kappa shape index (κ3) is 3.18. The molecule has 0 bridgehead atoms. The Kier molecular flexibility index (Phi) is 2.60. The normalized spacial score (nSPS) is 16.1. The molecule has 1 rings (SSSR count). The zero-order valence-electron chi connectivity index (χ0n) is 6.48. The average Bonchev–Trinajstić information content (AvgIpc) is 2.03. The number of carbonyl (C=O) groups is 1. The second-order valence-electron chi connectivity index (χ2n) is 2.36. The molecular weight excluding hydrogens is 185 g/mol. The van der Waals surface area contributed by atoms with Crippen molar-refractivity contribution >= 4 is 5.91 Å². The summed E-state index contributed by atoms with van der Waals surface area (Å²) in [7, 11) is 0. The summed E-state index contributed by atoms with van der Waals surface area (Å²) in [6, 6.07) is 0. The van der Waals surface area contributed by atoms with Gasteiger partial charge >= 0.3 is 6.30 Å². The Hall–Kier alpha value is -1.46. The first-order chi connectivity index (χ1) is 5.99. The zero-order valence-corrected chi connectivity index (χ0v) is 6.48. The molecule has 1 aliphatic rings. The number of hydrogen-bond acceptors (Lipinski definition) is 2. The molecular formula is C7H7F3N2O. The van der Waals surface area contributed by atoms with Crippen LogP contribution in [0.15, 0.2) is 23.9 Å². The first-order valence-corrected chi connectivity index (χ1v) is 3.48. The lowest BCUT2D eigenvalue weighted by molar-refractivity contribution is -0.167. The predicted molar refractivity (Wildman–Crippen MR) is 39.4 cm³/mol. The number of nitrogens with one attached hydrogen (secondary N) is 2. The molecule has 1 aliphatic heterocycles. The van der Waals surface area contributed by atoms with Crippen LogP contribution in [0.25, 0.3) is 0 Å². The second-order valence-corrected chi connectivity index (χ2v) is 2.36. The Bertz CT molecular complexity index is 267. The topological polar surface area (TPSA) is 41.1 Å². The Labute approximate surface area is 72.3 Å². The van der Waals surface area contributed by atoms with Crippen LogP contribution in [0.3, 0.4) is 0 Å². The average molecular weight is 192 g/mol. The molecule has 0 radical (unpaired) electrons. The number of hydrogen-bond donors (Lipinski definition) is 2. The molecule has 0 atom stereocenters. The van der Waals surface area contributed by atoms with Gasteiger partial charge in [0.05, 0.1) is 5.57 Å². The Morgan fingerprint density at radius 2 is 2.23 bits per heavy atom. The zero-order chi connectivity index (χ0) is 9.90. The van der Waals surface area contributed by atoms with E-state index in [9.17, 15) is 18.0 Å². The maximum Gasteiger partial charge on any atom is 0.484 e. The van der Waals surface area contributed by atoms with E-state index in [4.69, 9.17) is 0 Å². The van der Waals surface area contributed by atoms with Gasteiger partial charge in [0.2, 0.25) is 0 Å². The third-order valence-electron chi connectivity index (χ3n) is 1.31. The van der Waals surface area contributed by atoms with Gasteiger partial charge in [-0.1, -0.05) is 12.2 Å². The number of amides is 1. The summed E-state index contributed by atoms with van der Waals surface area (Å²) in [5.41, 5.74) is -0.0384. The number of dihydropyridines is 1. The van der Waals surface area contributed by atoms with Crippen LogP contribution in [0.4, 0.5) is 13.2 Å². The van der Waals surface area contributed by atoms with Gasteiger partial charge in [-0.25, -0.2) is 0 Å². The molecule has 0 fully saturated rings. The summed E-state index contributed by atoms with van der Waals surface area (Å²) in [5, 5.41) is 3.51. The number of rotatable bonds is 1. The summed E-state index contributed by atoms with van der Waals surface area (Å²) < 4.78 is 35.0. The lowest BCUT2D eigenvalue weighted by atomic mass is 10.2. The highest BCUT2D eigenvalue weighted by Gasteiger charge is 2.30. The quantitative estimate of drug-likeness (QED) is 0.599. The molecule has 2 N–H and O–H groups in total.